The van der Waals surface area contributed by atoms with Crippen LogP contribution in [0.15, 0.2) is 18.2 Å². The van der Waals surface area contributed by atoms with Crippen molar-refractivity contribution in [3.05, 3.63) is 23.8 Å². The molecule has 0 fully saturated rings. The summed E-state index contributed by atoms with van der Waals surface area (Å²) in [5, 5.41) is 0. The summed E-state index contributed by atoms with van der Waals surface area (Å²) in [5.41, 5.74) is 6.43. The molecule has 0 saturated carbocycles. The number of nitrogens with two attached hydrogens (primary N) is 1. The first kappa shape index (κ1) is 10.9. The SMILES string of the molecule is CCOc1ccc(OCCN)c(C)c1. The lowest BCUT2D eigenvalue weighted by molar-refractivity contribution is 0.321. The molecular formula is C11H17NO2. The van der Waals surface area contributed by atoms with Crippen molar-refractivity contribution in [2.24, 2.45) is 5.73 Å². The van der Waals surface area contributed by atoms with E-state index >= 15 is 0 Å². The van der Waals surface area contributed by atoms with Crippen LogP contribution in [0.3, 0.4) is 0 Å². The van der Waals surface area contributed by atoms with Crippen LogP contribution in [0.2, 0.25) is 0 Å². The van der Waals surface area contributed by atoms with Gasteiger partial charge in [0.2, 0.25) is 0 Å². The van der Waals surface area contributed by atoms with E-state index in [9.17, 15) is 0 Å². The highest BCUT2D eigenvalue weighted by atomic mass is 16.5. The van der Waals surface area contributed by atoms with Crippen molar-refractivity contribution in [3.63, 3.8) is 0 Å². The Labute approximate surface area is 84.8 Å². The van der Waals surface area contributed by atoms with Gasteiger partial charge in [0.05, 0.1) is 6.61 Å². The molecule has 0 amide bonds. The monoisotopic (exact) mass is 195 g/mol. The molecule has 3 nitrogen and oxygen atoms in total. The Morgan fingerprint density at radius 2 is 2.07 bits per heavy atom. The van der Waals surface area contributed by atoms with Gasteiger partial charge in [-0.3, -0.25) is 0 Å². The van der Waals surface area contributed by atoms with Gasteiger partial charge in [0.15, 0.2) is 0 Å². The number of ether oxygens (including phenoxy) is 2. The predicted octanol–water partition coefficient (Wildman–Crippen LogP) is 1.73. The zero-order valence-electron chi connectivity index (χ0n) is 8.75. The van der Waals surface area contributed by atoms with Crippen molar-refractivity contribution in [1.82, 2.24) is 0 Å². The van der Waals surface area contributed by atoms with Crippen LogP contribution in [0.25, 0.3) is 0 Å². The maximum atomic E-state index is 5.44. The second-order valence-corrected chi connectivity index (χ2v) is 3.00. The van der Waals surface area contributed by atoms with E-state index in [1.165, 1.54) is 0 Å². The summed E-state index contributed by atoms with van der Waals surface area (Å²) in [5.74, 6) is 1.75. The molecular weight excluding hydrogens is 178 g/mol. The number of benzene rings is 1. The van der Waals surface area contributed by atoms with Crippen LogP contribution in [0, 0.1) is 6.92 Å². The van der Waals surface area contributed by atoms with Crippen LogP contribution in [-0.4, -0.2) is 19.8 Å². The molecule has 0 aliphatic rings. The first-order chi connectivity index (χ1) is 6.77. The number of hydrogen-bond acceptors (Lipinski definition) is 3. The lowest BCUT2D eigenvalue weighted by Gasteiger charge is -2.09. The van der Waals surface area contributed by atoms with E-state index < -0.39 is 0 Å². The maximum absolute atomic E-state index is 5.44. The smallest absolute Gasteiger partial charge is 0.122 e. The zero-order valence-corrected chi connectivity index (χ0v) is 8.75. The first-order valence-corrected chi connectivity index (χ1v) is 4.84. The Hall–Kier alpha value is -1.22. The van der Waals surface area contributed by atoms with Gasteiger partial charge in [-0.2, -0.15) is 0 Å². The van der Waals surface area contributed by atoms with E-state index in [0.717, 1.165) is 17.1 Å². The minimum absolute atomic E-state index is 0.534. The summed E-state index contributed by atoms with van der Waals surface area (Å²) < 4.78 is 10.8. The predicted molar refractivity (Wildman–Crippen MR) is 56.9 cm³/mol. The van der Waals surface area contributed by atoms with E-state index in [2.05, 4.69) is 0 Å². The first-order valence-electron chi connectivity index (χ1n) is 4.84. The molecule has 0 aliphatic heterocycles. The van der Waals surface area contributed by atoms with Gasteiger partial charge < -0.3 is 15.2 Å². The van der Waals surface area contributed by atoms with Gasteiger partial charge in [0, 0.05) is 6.54 Å². The topological polar surface area (TPSA) is 44.5 Å². The molecule has 78 valence electrons. The Kier molecular flexibility index (Phi) is 4.26. The molecule has 0 aromatic heterocycles. The summed E-state index contributed by atoms with van der Waals surface area (Å²) >= 11 is 0. The molecule has 0 saturated heterocycles. The average Bonchev–Trinajstić information content (AvgIpc) is 2.17. The minimum Gasteiger partial charge on any atom is -0.494 e. The van der Waals surface area contributed by atoms with Crippen molar-refractivity contribution >= 4 is 0 Å². The molecule has 0 atom stereocenters. The summed E-state index contributed by atoms with van der Waals surface area (Å²) in [6.45, 7) is 5.73. The van der Waals surface area contributed by atoms with Crippen LogP contribution >= 0.6 is 0 Å². The van der Waals surface area contributed by atoms with Gasteiger partial charge in [-0.1, -0.05) is 0 Å². The van der Waals surface area contributed by atoms with Gasteiger partial charge in [-0.15, -0.1) is 0 Å². The lowest BCUT2D eigenvalue weighted by Crippen LogP contribution is -2.11. The third-order valence-corrected chi connectivity index (χ3v) is 1.83. The standard InChI is InChI=1S/C11H17NO2/c1-3-13-10-4-5-11(9(2)8-10)14-7-6-12/h4-5,8H,3,6-7,12H2,1-2H3. The second-order valence-electron chi connectivity index (χ2n) is 3.00. The maximum Gasteiger partial charge on any atom is 0.122 e. The molecule has 3 heteroatoms. The van der Waals surface area contributed by atoms with Crippen molar-refractivity contribution in [1.29, 1.82) is 0 Å². The quantitative estimate of drug-likeness (QED) is 0.778. The average molecular weight is 195 g/mol. The highest BCUT2D eigenvalue weighted by Crippen LogP contribution is 2.23. The lowest BCUT2D eigenvalue weighted by atomic mass is 10.2. The number of rotatable bonds is 5. The number of aryl methyl sites for hydroxylation is 1. The second kappa shape index (κ2) is 5.50. The summed E-state index contributed by atoms with van der Waals surface area (Å²) in [6.07, 6.45) is 0. The molecule has 0 spiro atoms. The normalized spacial score (nSPS) is 9.93. The fourth-order valence-electron chi connectivity index (χ4n) is 1.21. The van der Waals surface area contributed by atoms with Gasteiger partial charge in [-0.05, 0) is 37.6 Å². The third-order valence-electron chi connectivity index (χ3n) is 1.83. The van der Waals surface area contributed by atoms with Gasteiger partial charge >= 0.3 is 0 Å². The Balaban J connectivity index is 2.68. The molecule has 0 heterocycles. The van der Waals surface area contributed by atoms with Crippen molar-refractivity contribution < 1.29 is 9.47 Å². The summed E-state index contributed by atoms with van der Waals surface area (Å²) in [7, 11) is 0. The fourth-order valence-corrected chi connectivity index (χ4v) is 1.21. The highest BCUT2D eigenvalue weighted by molar-refractivity contribution is 5.39. The highest BCUT2D eigenvalue weighted by Gasteiger charge is 2.00. The molecule has 0 unspecified atom stereocenters. The van der Waals surface area contributed by atoms with E-state index in [-0.39, 0.29) is 0 Å². The van der Waals surface area contributed by atoms with Crippen LogP contribution in [0.4, 0.5) is 0 Å². The molecule has 0 radical (unpaired) electrons. The molecule has 1 rings (SSSR count). The number of hydrogen-bond donors (Lipinski definition) is 1. The van der Waals surface area contributed by atoms with Crippen LogP contribution in [0.1, 0.15) is 12.5 Å². The Bertz CT molecular complexity index is 287. The van der Waals surface area contributed by atoms with Crippen LogP contribution in [0.5, 0.6) is 11.5 Å². The van der Waals surface area contributed by atoms with E-state index in [1.54, 1.807) is 0 Å². The largest absolute Gasteiger partial charge is 0.494 e. The zero-order chi connectivity index (χ0) is 10.4. The van der Waals surface area contributed by atoms with Gasteiger partial charge in [0.25, 0.3) is 0 Å². The molecule has 0 aliphatic carbocycles. The molecule has 0 bridgehead atoms. The van der Waals surface area contributed by atoms with Crippen molar-refractivity contribution in [3.8, 4) is 11.5 Å². The molecule has 1 aromatic carbocycles. The van der Waals surface area contributed by atoms with Crippen LogP contribution in [-0.2, 0) is 0 Å². The van der Waals surface area contributed by atoms with Crippen molar-refractivity contribution in [2.75, 3.05) is 19.8 Å². The molecule has 1 aromatic rings. The van der Waals surface area contributed by atoms with Gasteiger partial charge in [-0.25, -0.2) is 0 Å². The minimum atomic E-state index is 0.534. The summed E-state index contributed by atoms with van der Waals surface area (Å²) in [4.78, 5) is 0. The fraction of sp³-hybridized carbons (Fsp3) is 0.455. The molecule has 2 N–H and O–H groups in total. The van der Waals surface area contributed by atoms with Gasteiger partial charge in [0.1, 0.15) is 18.1 Å². The Morgan fingerprint density at radius 1 is 1.29 bits per heavy atom. The third kappa shape index (κ3) is 2.92. The molecule has 14 heavy (non-hydrogen) atoms. The van der Waals surface area contributed by atoms with E-state index in [0.29, 0.717) is 19.8 Å². The van der Waals surface area contributed by atoms with Crippen molar-refractivity contribution in [2.45, 2.75) is 13.8 Å². The Morgan fingerprint density at radius 3 is 2.64 bits per heavy atom. The van der Waals surface area contributed by atoms with E-state index in [4.69, 9.17) is 15.2 Å². The van der Waals surface area contributed by atoms with E-state index in [1.807, 2.05) is 32.0 Å². The summed E-state index contributed by atoms with van der Waals surface area (Å²) in [6, 6.07) is 5.79. The van der Waals surface area contributed by atoms with Crippen LogP contribution < -0.4 is 15.2 Å².